The van der Waals surface area contributed by atoms with E-state index in [0.29, 0.717) is 17.9 Å². The second kappa shape index (κ2) is 6.95. The first-order valence-electron chi connectivity index (χ1n) is 6.95. The number of carbonyl (C=O) groups excluding carboxylic acids is 1. The van der Waals surface area contributed by atoms with E-state index in [1.54, 1.807) is 18.3 Å². The predicted molar refractivity (Wildman–Crippen MR) is 83.7 cm³/mol. The Hall–Kier alpha value is -1.27. The van der Waals surface area contributed by atoms with Crippen LogP contribution in [0.5, 0.6) is 0 Å². The smallest absolute Gasteiger partial charge is 0.270 e. The van der Waals surface area contributed by atoms with Crippen molar-refractivity contribution >= 4 is 23.4 Å². The largest absolute Gasteiger partial charge is 0.349 e. The number of hydrogen-bond acceptors (Lipinski definition) is 5. The Labute approximate surface area is 124 Å². The normalized spacial score (nSPS) is 17.5. The van der Waals surface area contributed by atoms with Crippen LogP contribution in [0, 0.1) is 0 Å². The van der Waals surface area contributed by atoms with Crippen molar-refractivity contribution in [2.45, 2.75) is 36.9 Å². The molecule has 110 valence electrons. The van der Waals surface area contributed by atoms with Gasteiger partial charge in [0.15, 0.2) is 0 Å². The zero-order valence-corrected chi connectivity index (χ0v) is 12.6. The molecule has 0 saturated heterocycles. The van der Waals surface area contributed by atoms with Crippen LogP contribution in [0.2, 0.25) is 0 Å². The lowest BCUT2D eigenvalue weighted by atomic mass is 9.88. The molecule has 1 aliphatic carbocycles. The molecule has 0 atom stereocenters. The molecule has 1 fully saturated rings. The molecule has 20 heavy (non-hydrogen) atoms. The fraction of sp³-hybridized carbons (Fsp3) is 0.571. The average Bonchev–Trinajstić information content (AvgIpc) is 2.53. The van der Waals surface area contributed by atoms with Crippen molar-refractivity contribution in [2.75, 3.05) is 18.2 Å². The molecule has 6 heteroatoms. The number of thioether (sulfide) groups is 1. The van der Waals surface area contributed by atoms with E-state index in [1.807, 2.05) is 11.8 Å². The summed E-state index contributed by atoms with van der Waals surface area (Å²) in [5, 5.41) is 3.02. The molecule has 0 radical (unpaired) electrons. The number of hydrogen-bond donors (Lipinski definition) is 3. The SMILES string of the molecule is CSC1(CNC(=O)c2cc(NN)ccn2)CCCCC1. The fourth-order valence-corrected chi connectivity index (χ4v) is 3.54. The number of anilines is 1. The van der Waals surface area contributed by atoms with E-state index >= 15 is 0 Å². The van der Waals surface area contributed by atoms with E-state index in [9.17, 15) is 4.79 Å². The first-order valence-corrected chi connectivity index (χ1v) is 8.18. The number of hydrazine groups is 1. The number of aromatic nitrogens is 1. The van der Waals surface area contributed by atoms with Gasteiger partial charge in [0.1, 0.15) is 5.69 Å². The number of amides is 1. The van der Waals surface area contributed by atoms with Crippen LogP contribution in [-0.4, -0.2) is 28.4 Å². The summed E-state index contributed by atoms with van der Waals surface area (Å²) in [5.74, 6) is 5.20. The third-order valence-electron chi connectivity index (χ3n) is 3.93. The number of nitrogens with zero attached hydrogens (tertiary/aromatic N) is 1. The second-order valence-electron chi connectivity index (χ2n) is 5.20. The van der Waals surface area contributed by atoms with Crippen LogP contribution in [-0.2, 0) is 0 Å². The summed E-state index contributed by atoms with van der Waals surface area (Å²) in [5.41, 5.74) is 3.60. The quantitative estimate of drug-likeness (QED) is 0.573. The van der Waals surface area contributed by atoms with E-state index in [1.165, 1.54) is 32.1 Å². The number of nitrogen functional groups attached to an aromatic ring is 1. The van der Waals surface area contributed by atoms with Crippen LogP contribution in [0.25, 0.3) is 0 Å². The number of rotatable bonds is 5. The Kier molecular flexibility index (Phi) is 5.25. The third kappa shape index (κ3) is 3.64. The molecular weight excluding hydrogens is 272 g/mol. The summed E-state index contributed by atoms with van der Waals surface area (Å²) in [6.07, 6.45) is 9.87. The number of nitrogens with two attached hydrogens (primary N) is 1. The molecule has 1 heterocycles. The first-order chi connectivity index (χ1) is 9.69. The van der Waals surface area contributed by atoms with E-state index in [2.05, 4.69) is 22.0 Å². The molecule has 4 N–H and O–H groups in total. The van der Waals surface area contributed by atoms with E-state index in [0.717, 1.165) is 0 Å². The van der Waals surface area contributed by atoms with Crippen LogP contribution in [0.3, 0.4) is 0 Å². The summed E-state index contributed by atoms with van der Waals surface area (Å²) in [4.78, 5) is 16.2. The van der Waals surface area contributed by atoms with Crippen molar-refractivity contribution in [1.29, 1.82) is 0 Å². The highest BCUT2D eigenvalue weighted by Crippen LogP contribution is 2.37. The summed E-state index contributed by atoms with van der Waals surface area (Å²) in [7, 11) is 0. The maximum absolute atomic E-state index is 12.2. The van der Waals surface area contributed by atoms with Crippen molar-refractivity contribution < 1.29 is 4.79 Å². The highest BCUT2D eigenvalue weighted by Gasteiger charge is 2.31. The molecule has 1 amide bonds. The van der Waals surface area contributed by atoms with E-state index in [-0.39, 0.29) is 10.7 Å². The van der Waals surface area contributed by atoms with Gasteiger partial charge in [-0.2, -0.15) is 11.8 Å². The first kappa shape index (κ1) is 15.1. The average molecular weight is 294 g/mol. The number of carbonyl (C=O) groups is 1. The monoisotopic (exact) mass is 294 g/mol. The minimum absolute atomic E-state index is 0.138. The third-order valence-corrected chi connectivity index (χ3v) is 5.35. The van der Waals surface area contributed by atoms with Gasteiger partial charge in [-0.25, -0.2) is 0 Å². The molecule has 0 aliphatic heterocycles. The molecule has 1 aromatic rings. The molecule has 0 aromatic carbocycles. The molecule has 0 bridgehead atoms. The van der Waals surface area contributed by atoms with Crippen LogP contribution in [0.15, 0.2) is 18.3 Å². The summed E-state index contributed by atoms with van der Waals surface area (Å²) >= 11 is 1.87. The molecule has 2 rings (SSSR count). The zero-order chi connectivity index (χ0) is 14.4. The van der Waals surface area contributed by atoms with Gasteiger partial charge in [0, 0.05) is 17.5 Å². The number of nitrogens with one attached hydrogen (secondary N) is 2. The Morgan fingerprint density at radius 1 is 1.45 bits per heavy atom. The predicted octanol–water partition coefficient (Wildman–Crippen LogP) is 2.16. The van der Waals surface area contributed by atoms with Gasteiger partial charge < -0.3 is 10.7 Å². The van der Waals surface area contributed by atoms with E-state index in [4.69, 9.17) is 5.84 Å². The van der Waals surface area contributed by atoms with Gasteiger partial charge in [0.25, 0.3) is 5.91 Å². The van der Waals surface area contributed by atoms with Gasteiger partial charge in [-0.05, 0) is 31.2 Å². The Morgan fingerprint density at radius 2 is 2.20 bits per heavy atom. The highest BCUT2D eigenvalue weighted by molar-refractivity contribution is 8.00. The standard InChI is InChI=1S/C14H22N4OS/c1-20-14(6-3-2-4-7-14)10-17-13(19)12-9-11(18-15)5-8-16-12/h5,8-9H,2-4,6-7,10,15H2,1H3,(H,16,18)(H,17,19). The topological polar surface area (TPSA) is 80.0 Å². The van der Waals surface area contributed by atoms with Gasteiger partial charge in [0.2, 0.25) is 0 Å². The lowest BCUT2D eigenvalue weighted by Crippen LogP contribution is -2.42. The van der Waals surface area contributed by atoms with Crippen molar-refractivity contribution in [1.82, 2.24) is 10.3 Å². The van der Waals surface area contributed by atoms with Crippen molar-refractivity contribution in [3.05, 3.63) is 24.0 Å². The molecule has 0 spiro atoms. The molecule has 1 aromatic heterocycles. The molecule has 0 unspecified atom stereocenters. The van der Waals surface area contributed by atoms with Crippen molar-refractivity contribution in [3.8, 4) is 0 Å². The van der Waals surface area contributed by atoms with Crippen molar-refractivity contribution in [2.24, 2.45) is 5.84 Å². The second-order valence-corrected chi connectivity index (χ2v) is 6.48. The Balaban J connectivity index is 1.96. The maximum Gasteiger partial charge on any atom is 0.270 e. The fourth-order valence-electron chi connectivity index (χ4n) is 2.63. The molecule has 1 saturated carbocycles. The Bertz CT molecular complexity index is 460. The van der Waals surface area contributed by atoms with Crippen molar-refractivity contribution in [3.63, 3.8) is 0 Å². The minimum Gasteiger partial charge on any atom is -0.349 e. The zero-order valence-electron chi connectivity index (χ0n) is 11.8. The van der Waals surface area contributed by atoms with E-state index < -0.39 is 0 Å². The summed E-state index contributed by atoms with van der Waals surface area (Å²) < 4.78 is 0.192. The lowest BCUT2D eigenvalue weighted by molar-refractivity contribution is 0.0942. The van der Waals surface area contributed by atoms with Gasteiger partial charge in [-0.15, -0.1) is 0 Å². The van der Waals surface area contributed by atoms with Gasteiger partial charge in [-0.3, -0.25) is 15.6 Å². The van der Waals surface area contributed by atoms with Gasteiger partial charge in [-0.1, -0.05) is 19.3 Å². The Morgan fingerprint density at radius 3 is 2.85 bits per heavy atom. The summed E-state index contributed by atoms with van der Waals surface area (Å²) in [6, 6.07) is 3.38. The lowest BCUT2D eigenvalue weighted by Gasteiger charge is -2.35. The van der Waals surface area contributed by atoms with Crippen LogP contribution in [0.1, 0.15) is 42.6 Å². The van der Waals surface area contributed by atoms with Crippen LogP contribution < -0.4 is 16.6 Å². The van der Waals surface area contributed by atoms with Crippen LogP contribution >= 0.6 is 11.8 Å². The molecule has 1 aliphatic rings. The minimum atomic E-state index is -0.138. The maximum atomic E-state index is 12.2. The highest BCUT2D eigenvalue weighted by atomic mass is 32.2. The van der Waals surface area contributed by atoms with Gasteiger partial charge in [0.05, 0.1) is 5.69 Å². The van der Waals surface area contributed by atoms with Gasteiger partial charge >= 0.3 is 0 Å². The number of pyridine rings is 1. The molecule has 5 nitrogen and oxygen atoms in total. The van der Waals surface area contributed by atoms with Crippen LogP contribution in [0.4, 0.5) is 5.69 Å². The summed E-state index contributed by atoms with van der Waals surface area (Å²) in [6.45, 7) is 0.703. The molecular formula is C14H22N4OS.